The van der Waals surface area contributed by atoms with Gasteiger partial charge in [0.1, 0.15) is 0 Å². The second-order valence-electron chi connectivity index (χ2n) is 3.26. The highest BCUT2D eigenvalue weighted by Gasteiger charge is 2.31. The first-order chi connectivity index (χ1) is 4.66. The molecule has 0 unspecified atom stereocenters. The second-order valence-corrected chi connectivity index (χ2v) is 3.26. The minimum absolute atomic E-state index is 0.750. The molecule has 0 aromatic heterocycles. The highest BCUT2D eigenvalue weighted by atomic mass is 16.4. The first-order valence-corrected chi connectivity index (χ1v) is 3.33. The van der Waals surface area contributed by atoms with E-state index in [1.165, 1.54) is 0 Å². The molecule has 0 aliphatic rings. The molecule has 4 nitrogen and oxygen atoms in total. The number of hydrogen-bond donors (Lipinski definition) is 4. The molecule has 0 aromatic carbocycles. The van der Waals surface area contributed by atoms with Gasteiger partial charge in [0, 0.05) is 0 Å². The van der Waals surface area contributed by atoms with Gasteiger partial charge in [-0.1, -0.05) is 0 Å². The standard InChI is InChI=1S/C6H14O2.BH3O2/c1-5(2,7)6(3,4)8;2-1-3/h7-8H,1-4H3;1-3H. The molecule has 0 radical (unpaired) electrons. The fraction of sp³-hybridized carbons (Fsp3) is 1.00. The van der Waals surface area contributed by atoms with Crippen molar-refractivity contribution in [3.8, 4) is 0 Å². The molecule has 0 saturated heterocycles. The number of aliphatic hydroxyl groups is 2. The van der Waals surface area contributed by atoms with Gasteiger partial charge >= 0.3 is 7.69 Å². The average Bonchev–Trinajstić information content (AvgIpc) is 1.60. The van der Waals surface area contributed by atoms with Gasteiger partial charge in [-0.25, -0.2) is 0 Å². The molecule has 0 fully saturated rings. The van der Waals surface area contributed by atoms with Gasteiger partial charge in [-0.15, -0.1) is 0 Å². The van der Waals surface area contributed by atoms with E-state index >= 15 is 0 Å². The van der Waals surface area contributed by atoms with E-state index in [4.69, 9.17) is 20.3 Å². The van der Waals surface area contributed by atoms with Crippen LogP contribution in [0.4, 0.5) is 0 Å². The zero-order chi connectivity index (χ0) is 9.71. The van der Waals surface area contributed by atoms with Gasteiger partial charge in [0.05, 0.1) is 11.2 Å². The zero-order valence-electron chi connectivity index (χ0n) is 7.50. The van der Waals surface area contributed by atoms with Crippen LogP contribution in [0.2, 0.25) is 0 Å². The van der Waals surface area contributed by atoms with Crippen molar-refractivity contribution in [1.82, 2.24) is 0 Å². The van der Waals surface area contributed by atoms with Gasteiger partial charge < -0.3 is 20.3 Å². The molecule has 0 aliphatic heterocycles. The minimum Gasteiger partial charge on any atom is -0.430 e. The van der Waals surface area contributed by atoms with Crippen LogP contribution >= 0.6 is 0 Å². The maximum atomic E-state index is 9.10. The first-order valence-electron chi connectivity index (χ1n) is 3.33. The smallest absolute Gasteiger partial charge is 0.430 e. The van der Waals surface area contributed by atoms with Crippen molar-refractivity contribution >= 4 is 7.69 Å². The monoisotopic (exact) mass is 164 g/mol. The summed E-state index contributed by atoms with van der Waals surface area (Å²) in [6.45, 7) is 6.31. The van der Waals surface area contributed by atoms with Crippen LogP contribution in [0.3, 0.4) is 0 Å². The van der Waals surface area contributed by atoms with Gasteiger partial charge in [0.25, 0.3) is 0 Å². The van der Waals surface area contributed by atoms with Crippen molar-refractivity contribution in [1.29, 1.82) is 0 Å². The van der Waals surface area contributed by atoms with Crippen LogP contribution < -0.4 is 0 Å². The molecule has 0 saturated carbocycles. The summed E-state index contributed by atoms with van der Waals surface area (Å²) in [4.78, 5) is 0. The minimum atomic E-state index is -1.01. The predicted molar refractivity (Wildman–Crippen MR) is 44.2 cm³/mol. The Bertz CT molecular complexity index is 79.7. The normalized spacial score (nSPS) is 11.6. The van der Waals surface area contributed by atoms with Crippen LogP contribution in [-0.4, -0.2) is 39.1 Å². The van der Waals surface area contributed by atoms with Crippen molar-refractivity contribution in [3.05, 3.63) is 0 Å². The Hall–Kier alpha value is -0.0951. The molecule has 4 N–H and O–H groups in total. The lowest BCUT2D eigenvalue weighted by Crippen LogP contribution is -2.44. The highest BCUT2D eigenvalue weighted by Crippen LogP contribution is 2.19. The van der Waals surface area contributed by atoms with Gasteiger partial charge in [-0.05, 0) is 27.7 Å². The summed E-state index contributed by atoms with van der Waals surface area (Å²) in [5.41, 5.74) is -2.01. The number of rotatable bonds is 1. The highest BCUT2D eigenvalue weighted by molar-refractivity contribution is 6.13. The summed E-state index contributed by atoms with van der Waals surface area (Å²) >= 11 is 0. The van der Waals surface area contributed by atoms with E-state index in [2.05, 4.69) is 0 Å². The van der Waals surface area contributed by atoms with Gasteiger partial charge in [0.15, 0.2) is 0 Å². The molecule has 0 bridgehead atoms. The van der Waals surface area contributed by atoms with Crippen LogP contribution in [-0.2, 0) is 0 Å². The Labute approximate surface area is 67.8 Å². The summed E-state index contributed by atoms with van der Waals surface area (Å²) < 4.78 is 0. The first kappa shape index (κ1) is 13.5. The summed E-state index contributed by atoms with van der Waals surface area (Å²) in [6, 6.07) is 0. The fourth-order valence-corrected chi connectivity index (χ4v) is 0. The van der Waals surface area contributed by atoms with Crippen molar-refractivity contribution in [2.75, 3.05) is 0 Å². The van der Waals surface area contributed by atoms with E-state index in [-0.39, 0.29) is 0 Å². The molecule has 0 heterocycles. The molecule has 5 heteroatoms. The second kappa shape index (κ2) is 4.72. The Morgan fingerprint density at radius 1 is 0.818 bits per heavy atom. The van der Waals surface area contributed by atoms with Gasteiger partial charge in [-0.2, -0.15) is 0 Å². The Kier molecular flexibility index (Phi) is 5.78. The molecular formula is C6H17BO4. The lowest BCUT2D eigenvalue weighted by Gasteiger charge is -2.31. The van der Waals surface area contributed by atoms with Crippen LogP contribution in [0.5, 0.6) is 0 Å². The SMILES string of the molecule is CC(C)(O)C(C)(C)O.OBO. The lowest BCUT2D eigenvalue weighted by molar-refractivity contribution is -0.107. The van der Waals surface area contributed by atoms with E-state index in [0.29, 0.717) is 0 Å². The molecule has 0 spiro atoms. The number of hydrogen-bond acceptors (Lipinski definition) is 4. The average molecular weight is 164 g/mol. The Morgan fingerprint density at radius 2 is 0.909 bits per heavy atom. The zero-order valence-corrected chi connectivity index (χ0v) is 7.50. The van der Waals surface area contributed by atoms with Crippen LogP contribution in [0, 0.1) is 0 Å². The van der Waals surface area contributed by atoms with E-state index < -0.39 is 18.9 Å². The molecule has 0 atom stereocenters. The van der Waals surface area contributed by atoms with E-state index in [1.54, 1.807) is 27.7 Å². The molecule has 0 amide bonds. The van der Waals surface area contributed by atoms with E-state index in [1.807, 2.05) is 0 Å². The largest absolute Gasteiger partial charge is 0.432 e. The third-order valence-corrected chi connectivity index (χ3v) is 1.50. The summed E-state index contributed by atoms with van der Waals surface area (Å²) in [5.74, 6) is 0. The molecule has 68 valence electrons. The van der Waals surface area contributed by atoms with E-state index in [0.717, 1.165) is 0 Å². The molecule has 0 aromatic rings. The topological polar surface area (TPSA) is 80.9 Å². The Balaban J connectivity index is 0. The lowest BCUT2D eigenvalue weighted by atomic mass is 9.90. The van der Waals surface area contributed by atoms with Crippen molar-refractivity contribution in [3.63, 3.8) is 0 Å². The van der Waals surface area contributed by atoms with Gasteiger partial charge in [0.2, 0.25) is 0 Å². The molecular weight excluding hydrogens is 147 g/mol. The maximum Gasteiger partial charge on any atom is 0.432 e. The van der Waals surface area contributed by atoms with Crippen LogP contribution in [0.25, 0.3) is 0 Å². The van der Waals surface area contributed by atoms with Crippen LogP contribution in [0.1, 0.15) is 27.7 Å². The van der Waals surface area contributed by atoms with Crippen molar-refractivity contribution < 1.29 is 20.3 Å². The molecule has 0 rings (SSSR count). The predicted octanol–water partition coefficient (Wildman–Crippen LogP) is -1.23. The van der Waals surface area contributed by atoms with Crippen molar-refractivity contribution in [2.24, 2.45) is 0 Å². The van der Waals surface area contributed by atoms with Crippen LogP contribution in [0.15, 0.2) is 0 Å². The molecule has 11 heavy (non-hydrogen) atoms. The maximum absolute atomic E-state index is 9.10. The van der Waals surface area contributed by atoms with E-state index in [9.17, 15) is 0 Å². The van der Waals surface area contributed by atoms with Crippen molar-refractivity contribution in [2.45, 2.75) is 38.9 Å². The fourth-order valence-electron chi connectivity index (χ4n) is 0. The third kappa shape index (κ3) is 7.81. The third-order valence-electron chi connectivity index (χ3n) is 1.50. The Morgan fingerprint density at radius 3 is 0.909 bits per heavy atom. The summed E-state index contributed by atoms with van der Waals surface area (Å²) in [6.07, 6.45) is 0. The summed E-state index contributed by atoms with van der Waals surface area (Å²) in [5, 5.41) is 32.5. The summed E-state index contributed by atoms with van der Waals surface area (Å²) in [7, 11) is -0.750. The van der Waals surface area contributed by atoms with Gasteiger partial charge in [-0.3, -0.25) is 0 Å². The quantitative estimate of drug-likeness (QED) is 0.365. The molecule has 0 aliphatic carbocycles.